The fourth-order valence-corrected chi connectivity index (χ4v) is 4.96. The lowest BCUT2D eigenvalue weighted by Crippen LogP contribution is -2.48. The zero-order valence-electron chi connectivity index (χ0n) is 18.9. The third kappa shape index (κ3) is 4.49. The zero-order chi connectivity index (χ0) is 22.8. The van der Waals surface area contributed by atoms with E-state index in [0.29, 0.717) is 24.5 Å². The van der Waals surface area contributed by atoms with Crippen LogP contribution in [-0.4, -0.2) is 52.2 Å². The molecule has 2 aromatic carbocycles. The second-order valence-electron chi connectivity index (χ2n) is 9.04. The molecule has 0 N–H and O–H groups in total. The maximum atomic E-state index is 14.2. The average molecular weight is 449 g/mol. The standard InChI is InChI=1S/C26H29FN4O2/c1-2-18-9-11-19(12-10-18)20-15-21(17-31(16-20)26(32)30-13-5-6-14-30)25-28-24(29-33-25)22-7-3-4-8-23(22)27/h3-4,7-12,20-21H,2,5-6,13-17H2,1H3. The van der Waals surface area contributed by atoms with Crippen molar-refractivity contribution in [3.63, 3.8) is 0 Å². The Kier molecular flexibility index (Phi) is 6.11. The quantitative estimate of drug-likeness (QED) is 0.549. The van der Waals surface area contributed by atoms with Crippen LogP contribution >= 0.6 is 0 Å². The molecule has 2 saturated heterocycles. The van der Waals surface area contributed by atoms with E-state index in [1.54, 1.807) is 18.2 Å². The van der Waals surface area contributed by atoms with E-state index in [4.69, 9.17) is 4.52 Å². The lowest BCUT2D eigenvalue weighted by molar-refractivity contribution is 0.134. The Morgan fingerprint density at radius 1 is 1.03 bits per heavy atom. The van der Waals surface area contributed by atoms with E-state index in [1.165, 1.54) is 17.2 Å². The summed E-state index contributed by atoms with van der Waals surface area (Å²) in [4.78, 5) is 21.7. The number of aryl methyl sites for hydroxylation is 1. The first-order chi connectivity index (χ1) is 16.1. The zero-order valence-corrected chi connectivity index (χ0v) is 18.9. The fraction of sp³-hybridized carbons (Fsp3) is 0.423. The number of urea groups is 1. The normalized spacial score (nSPS) is 20.9. The maximum Gasteiger partial charge on any atom is 0.320 e. The second kappa shape index (κ2) is 9.33. The van der Waals surface area contributed by atoms with Gasteiger partial charge in [-0.3, -0.25) is 0 Å². The van der Waals surface area contributed by atoms with Crippen LogP contribution in [0.3, 0.4) is 0 Å². The van der Waals surface area contributed by atoms with Gasteiger partial charge in [0.1, 0.15) is 5.82 Å². The predicted molar refractivity (Wildman–Crippen MR) is 123 cm³/mol. The Morgan fingerprint density at radius 3 is 2.48 bits per heavy atom. The number of carbonyl (C=O) groups excluding carboxylic acids is 1. The van der Waals surface area contributed by atoms with Crippen molar-refractivity contribution in [3.05, 3.63) is 71.4 Å². The van der Waals surface area contributed by atoms with Gasteiger partial charge in [0.15, 0.2) is 0 Å². The smallest absolute Gasteiger partial charge is 0.320 e. The number of rotatable bonds is 4. The van der Waals surface area contributed by atoms with Gasteiger partial charge in [-0.05, 0) is 48.9 Å². The molecule has 2 amide bonds. The van der Waals surface area contributed by atoms with Crippen molar-refractivity contribution >= 4 is 6.03 Å². The number of carbonyl (C=O) groups is 1. The van der Waals surface area contributed by atoms with Gasteiger partial charge in [-0.2, -0.15) is 4.98 Å². The molecule has 0 aliphatic carbocycles. The van der Waals surface area contributed by atoms with Crippen molar-refractivity contribution in [2.24, 2.45) is 0 Å². The van der Waals surface area contributed by atoms with Crippen LogP contribution in [0.25, 0.3) is 11.4 Å². The van der Waals surface area contributed by atoms with Crippen LogP contribution in [-0.2, 0) is 6.42 Å². The van der Waals surface area contributed by atoms with Gasteiger partial charge in [-0.25, -0.2) is 9.18 Å². The van der Waals surface area contributed by atoms with E-state index in [2.05, 4.69) is 41.3 Å². The molecule has 2 aliphatic heterocycles. The maximum absolute atomic E-state index is 14.2. The number of piperidine rings is 1. The van der Waals surface area contributed by atoms with Crippen molar-refractivity contribution in [2.45, 2.75) is 44.4 Å². The molecule has 0 bridgehead atoms. The van der Waals surface area contributed by atoms with Crippen molar-refractivity contribution < 1.29 is 13.7 Å². The third-order valence-corrected chi connectivity index (χ3v) is 6.86. The molecule has 1 aromatic heterocycles. The highest BCUT2D eigenvalue weighted by atomic mass is 19.1. The molecule has 0 spiro atoms. The molecule has 0 saturated carbocycles. The molecule has 172 valence electrons. The lowest BCUT2D eigenvalue weighted by atomic mass is 9.84. The van der Waals surface area contributed by atoms with Crippen LogP contribution in [0.2, 0.25) is 0 Å². The number of likely N-dealkylation sites (tertiary alicyclic amines) is 2. The number of amides is 2. The Labute approximate surface area is 193 Å². The summed E-state index contributed by atoms with van der Waals surface area (Å²) in [5.41, 5.74) is 2.83. The number of hydrogen-bond donors (Lipinski definition) is 0. The highest BCUT2D eigenvalue weighted by Gasteiger charge is 2.36. The minimum atomic E-state index is -0.381. The van der Waals surface area contributed by atoms with Gasteiger partial charge in [-0.1, -0.05) is 48.5 Å². The molecule has 2 unspecified atom stereocenters. The van der Waals surface area contributed by atoms with Crippen LogP contribution in [0.5, 0.6) is 0 Å². The minimum absolute atomic E-state index is 0.0845. The van der Waals surface area contributed by atoms with E-state index in [0.717, 1.165) is 38.8 Å². The highest BCUT2D eigenvalue weighted by Crippen LogP contribution is 2.37. The van der Waals surface area contributed by atoms with Crippen molar-refractivity contribution in [3.8, 4) is 11.4 Å². The molecule has 0 radical (unpaired) electrons. The number of halogens is 1. The molecule has 2 atom stereocenters. The van der Waals surface area contributed by atoms with E-state index in [-0.39, 0.29) is 29.5 Å². The second-order valence-corrected chi connectivity index (χ2v) is 9.04. The first kappa shape index (κ1) is 21.6. The van der Waals surface area contributed by atoms with E-state index >= 15 is 0 Å². The van der Waals surface area contributed by atoms with Crippen LogP contribution in [0.4, 0.5) is 9.18 Å². The first-order valence-electron chi connectivity index (χ1n) is 11.8. The summed E-state index contributed by atoms with van der Waals surface area (Å²) in [5, 5.41) is 4.05. The molecule has 2 aliphatic rings. The fourth-order valence-electron chi connectivity index (χ4n) is 4.96. The molecule has 3 heterocycles. The Morgan fingerprint density at radius 2 is 1.76 bits per heavy atom. The SMILES string of the molecule is CCc1ccc(C2CC(c3nc(-c4ccccc4F)no3)CN(C(=O)N3CCCC3)C2)cc1. The minimum Gasteiger partial charge on any atom is -0.339 e. The van der Waals surface area contributed by atoms with Gasteiger partial charge in [0.2, 0.25) is 11.7 Å². The van der Waals surface area contributed by atoms with Gasteiger partial charge in [0, 0.05) is 32.1 Å². The highest BCUT2D eigenvalue weighted by molar-refractivity contribution is 5.75. The van der Waals surface area contributed by atoms with E-state index in [1.807, 2.05) is 9.80 Å². The Bertz CT molecular complexity index is 1110. The summed E-state index contributed by atoms with van der Waals surface area (Å²) in [5.74, 6) is 0.393. The topological polar surface area (TPSA) is 62.5 Å². The summed E-state index contributed by atoms with van der Waals surface area (Å²) in [7, 11) is 0. The van der Waals surface area contributed by atoms with Gasteiger partial charge in [-0.15, -0.1) is 0 Å². The summed E-state index contributed by atoms with van der Waals surface area (Å²) in [6, 6.07) is 15.2. The van der Waals surface area contributed by atoms with Gasteiger partial charge < -0.3 is 14.3 Å². The molecule has 3 aromatic rings. The number of hydrogen-bond acceptors (Lipinski definition) is 4. The van der Waals surface area contributed by atoms with Crippen LogP contribution in [0, 0.1) is 5.82 Å². The molecule has 2 fully saturated rings. The number of benzene rings is 2. The lowest BCUT2D eigenvalue weighted by Gasteiger charge is -2.38. The van der Waals surface area contributed by atoms with Gasteiger partial charge in [0.05, 0.1) is 11.5 Å². The molecule has 7 heteroatoms. The average Bonchev–Trinajstić information content (AvgIpc) is 3.56. The van der Waals surface area contributed by atoms with Crippen molar-refractivity contribution in [2.75, 3.05) is 26.2 Å². The van der Waals surface area contributed by atoms with Gasteiger partial charge in [0.25, 0.3) is 0 Å². The summed E-state index contributed by atoms with van der Waals surface area (Å²) in [6.07, 6.45) is 3.91. The molecule has 5 rings (SSSR count). The molecule has 33 heavy (non-hydrogen) atoms. The molecule has 6 nitrogen and oxygen atoms in total. The van der Waals surface area contributed by atoms with Gasteiger partial charge >= 0.3 is 6.03 Å². The molecular weight excluding hydrogens is 419 g/mol. The van der Waals surface area contributed by atoms with Crippen LogP contribution < -0.4 is 0 Å². The van der Waals surface area contributed by atoms with Crippen LogP contribution in [0.1, 0.15) is 55.0 Å². The number of nitrogens with zero attached hydrogens (tertiary/aromatic N) is 4. The van der Waals surface area contributed by atoms with E-state index in [9.17, 15) is 9.18 Å². The first-order valence-corrected chi connectivity index (χ1v) is 11.8. The monoisotopic (exact) mass is 448 g/mol. The van der Waals surface area contributed by atoms with Crippen molar-refractivity contribution in [1.29, 1.82) is 0 Å². The van der Waals surface area contributed by atoms with E-state index < -0.39 is 0 Å². The summed E-state index contributed by atoms with van der Waals surface area (Å²) < 4.78 is 19.8. The third-order valence-electron chi connectivity index (χ3n) is 6.86. The number of aromatic nitrogens is 2. The Hall–Kier alpha value is -3.22. The largest absolute Gasteiger partial charge is 0.339 e. The Balaban J connectivity index is 1.43. The summed E-state index contributed by atoms with van der Waals surface area (Å²) >= 11 is 0. The van der Waals surface area contributed by atoms with Crippen LogP contribution in [0.15, 0.2) is 53.1 Å². The predicted octanol–water partition coefficient (Wildman–Crippen LogP) is 5.23. The van der Waals surface area contributed by atoms with Crippen molar-refractivity contribution in [1.82, 2.24) is 19.9 Å². The summed E-state index contributed by atoms with van der Waals surface area (Å²) in [6.45, 7) is 4.97. The molecular formula is C26H29FN4O2.